The number of hydrogen-bond acceptors (Lipinski definition) is 10. The number of carbonyl (C=O) groups excluding carboxylic acids is 4. The molecule has 3 rings (SSSR count). The first-order chi connectivity index (χ1) is 16.9. The maximum absolute atomic E-state index is 12.8. The van der Waals surface area contributed by atoms with Gasteiger partial charge in [0.2, 0.25) is 0 Å². The van der Waals surface area contributed by atoms with Crippen molar-refractivity contribution in [2.24, 2.45) is 0 Å². The lowest BCUT2D eigenvalue weighted by atomic mass is 10.1. The molecule has 1 heterocycles. The predicted octanol–water partition coefficient (Wildman–Crippen LogP) is 3.78. The molecule has 10 heteroatoms. The number of carbonyl (C=O) groups is 4. The fourth-order valence-electron chi connectivity index (χ4n) is 3.21. The third-order valence-electron chi connectivity index (χ3n) is 4.74. The molecular weight excluding hydrogens is 476 g/mol. The number of hydrogen-bond donors (Lipinski definition) is 0. The molecule has 1 aliphatic rings. The molecule has 0 amide bonds. The van der Waals surface area contributed by atoms with Gasteiger partial charge in [-0.25, -0.2) is 14.4 Å². The van der Waals surface area contributed by atoms with Crippen molar-refractivity contribution in [3.05, 3.63) is 84.4 Å². The van der Waals surface area contributed by atoms with E-state index in [1.165, 1.54) is 13.0 Å². The third-order valence-corrected chi connectivity index (χ3v) is 6.13. The maximum Gasteiger partial charge on any atom is 0.509 e. The summed E-state index contributed by atoms with van der Waals surface area (Å²) in [5.41, 5.74) is -0.426. The average molecular weight is 501 g/mol. The maximum atomic E-state index is 12.8. The van der Waals surface area contributed by atoms with E-state index in [9.17, 15) is 19.2 Å². The summed E-state index contributed by atoms with van der Waals surface area (Å²) >= 11 is 1.04. The van der Waals surface area contributed by atoms with Crippen LogP contribution in [0, 0.1) is 0 Å². The largest absolute Gasteiger partial charge is 0.509 e. The Labute approximate surface area is 206 Å². The van der Waals surface area contributed by atoms with E-state index in [1.54, 1.807) is 60.7 Å². The van der Waals surface area contributed by atoms with Gasteiger partial charge in [0.1, 0.15) is 13.2 Å². The van der Waals surface area contributed by atoms with Crippen molar-refractivity contribution in [3.63, 3.8) is 0 Å². The van der Waals surface area contributed by atoms with Gasteiger partial charge >= 0.3 is 24.1 Å². The topological polar surface area (TPSA) is 114 Å². The molecule has 1 saturated heterocycles. The molecule has 1 aliphatic heterocycles. The van der Waals surface area contributed by atoms with Crippen molar-refractivity contribution in [2.45, 2.75) is 29.8 Å². The van der Waals surface area contributed by atoms with E-state index < -0.39 is 47.0 Å². The first-order valence-corrected chi connectivity index (χ1v) is 11.6. The van der Waals surface area contributed by atoms with E-state index in [-0.39, 0.29) is 18.8 Å². The molecule has 0 N–H and O–H groups in total. The summed E-state index contributed by atoms with van der Waals surface area (Å²) in [6, 6.07) is 16.6. The van der Waals surface area contributed by atoms with Gasteiger partial charge in [-0.05, 0) is 24.3 Å². The molecule has 0 saturated carbocycles. The highest BCUT2D eigenvalue weighted by molar-refractivity contribution is 8.00. The lowest BCUT2D eigenvalue weighted by molar-refractivity contribution is -0.149. The summed E-state index contributed by atoms with van der Waals surface area (Å²) in [6.45, 7) is 4.34. The molecule has 9 nitrogen and oxygen atoms in total. The Bertz CT molecular complexity index is 1040. The summed E-state index contributed by atoms with van der Waals surface area (Å²) in [4.78, 5) is 49.1. The standard InChI is InChI=1S/C25H24O9S/c1-3-14-30-25(29)34-21-20(33-23(28)18-12-8-5-9-13-18)19(35-24(21)32-16(2)26)15-31-22(27)17-10-6-4-7-11-17/h3-13,19-21,24H,1,14-15H2,2H3/t19-,20+,21-,24?/m0/s1. The normalized spacial score (nSPS) is 20.8. The summed E-state index contributed by atoms with van der Waals surface area (Å²) < 4.78 is 26.7. The highest BCUT2D eigenvalue weighted by Crippen LogP contribution is 2.40. The molecular formula is C25H24O9S. The molecule has 1 unspecified atom stereocenters. The van der Waals surface area contributed by atoms with Gasteiger partial charge in [-0.2, -0.15) is 0 Å². The number of ether oxygens (including phenoxy) is 5. The van der Waals surface area contributed by atoms with Gasteiger partial charge in [-0.3, -0.25) is 4.79 Å². The fourth-order valence-corrected chi connectivity index (χ4v) is 4.62. The number of thioether (sulfide) groups is 1. The molecule has 2 aromatic rings. The van der Waals surface area contributed by atoms with E-state index in [0.717, 1.165) is 11.8 Å². The Kier molecular flexibility index (Phi) is 9.31. The first-order valence-electron chi connectivity index (χ1n) is 10.6. The van der Waals surface area contributed by atoms with E-state index in [2.05, 4.69) is 6.58 Å². The molecule has 0 aromatic heterocycles. The Morgan fingerprint density at radius 3 is 2.00 bits per heavy atom. The molecule has 0 bridgehead atoms. The van der Waals surface area contributed by atoms with Crippen LogP contribution in [0.15, 0.2) is 73.3 Å². The van der Waals surface area contributed by atoms with Crippen LogP contribution in [0.3, 0.4) is 0 Å². The second-order valence-electron chi connectivity index (χ2n) is 7.28. The SMILES string of the molecule is C=CCOC(=O)O[C@@H]1C(OC(C)=O)S[C@@H](COC(=O)c2ccccc2)[C@H]1OC(=O)c1ccccc1. The minimum Gasteiger partial charge on any atom is -0.461 e. The zero-order valence-electron chi connectivity index (χ0n) is 18.9. The van der Waals surface area contributed by atoms with Crippen LogP contribution < -0.4 is 0 Å². The zero-order chi connectivity index (χ0) is 25.2. The lowest BCUT2D eigenvalue weighted by Crippen LogP contribution is -2.42. The van der Waals surface area contributed by atoms with Crippen LogP contribution in [-0.4, -0.2) is 60.2 Å². The highest BCUT2D eigenvalue weighted by Gasteiger charge is 2.52. The summed E-state index contributed by atoms with van der Waals surface area (Å²) in [5, 5.41) is -0.711. The van der Waals surface area contributed by atoms with Gasteiger partial charge in [-0.1, -0.05) is 49.1 Å². The van der Waals surface area contributed by atoms with Crippen LogP contribution in [0.4, 0.5) is 4.79 Å². The minimum absolute atomic E-state index is 0.108. The monoisotopic (exact) mass is 500 g/mol. The second-order valence-corrected chi connectivity index (χ2v) is 8.63. The van der Waals surface area contributed by atoms with Gasteiger partial charge in [0.25, 0.3) is 0 Å². The smallest absolute Gasteiger partial charge is 0.461 e. The number of rotatable bonds is 9. The molecule has 35 heavy (non-hydrogen) atoms. The molecule has 1 fully saturated rings. The van der Waals surface area contributed by atoms with Crippen LogP contribution in [0.1, 0.15) is 27.6 Å². The quantitative estimate of drug-likeness (QED) is 0.286. The van der Waals surface area contributed by atoms with E-state index in [0.29, 0.717) is 5.56 Å². The third kappa shape index (κ3) is 7.35. The van der Waals surface area contributed by atoms with Crippen LogP contribution in [0.2, 0.25) is 0 Å². The first kappa shape index (κ1) is 25.8. The fraction of sp³-hybridized carbons (Fsp3) is 0.280. The van der Waals surface area contributed by atoms with Gasteiger partial charge in [0.05, 0.1) is 16.4 Å². The predicted molar refractivity (Wildman–Crippen MR) is 126 cm³/mol. The Hall–Kier alpha value is -3.79. The van der Waals surface area contributed by atoms with Crippen molar-refractivity contribution >= 4 is 35.8 Å². The van der Waals surface area contributed by atoms with Crippen LogP contribution >= 0.6 is 11.8 Å². The second kappa shape index (κ2) is 12.6. The van der Waals surface area contributed by atoms with Crippen molar-refractivity contribution in [2.75, 3.05) is 13.2 Å². The van der Waals surface area contributed by atoms with Crippen molar-refractivity contribution in [3.8, 4) is 0 Å². The zero-order valence-corrected chi connectivity index (χ0v) is 19.7. The molecule has 184 valence electrons. The number of benzene rings is 2. The molecule has 0 spiro atoms. The van der Waals surface area contributed by atoms with Crippen LogP contribution in [0.5, 0.6) is 0 Å². The molecule has 2 aromatic carbocycles. The van der Waals surface area contributed by atoms with Gasteiger partial charge < -0.3 is 23.7 Å². The van der Waals surface area contributed by atoms with Gasteiger partial charge in [-0.15, -0.1) is 11.8 Å². The summed E-state index contributed by atoms with van der Waals surface area (Å²) in [5.74, 6) is -1.91. The average Bonchev–Trinajstić information content (AvgIpc) is 3.16. The van der Waals surface area contributed by atoms with Crippen LogP contribution in [0.25, 0.3) is 0 Å². The van der Waals surface area contributed by atoms with E-state index >= 15 is 0 Å². The minimum atomic E-state index is -1.21. The van der Waals surface area contributed by atoms with Crippen LogP contribution in [-0.2, 0) is 28.5 Å². The Morgan fingerprint density at radius 1 is 0.829 bits per heavy atom. The Balaban J connectivity index is 1.82. The van der Waals surface area contributed by atoms with E-state index in [4.69, 9.17) is 23.7 Å². The molecule has 4 atom stereocenters. The summed E-state index contributed by atoms with van der Waals surface area (Å²) in [6.07, 6.45) is -2.03. The highest BCUT2D eigenvalue weighted by atomic mass is 32.2. The van der Waals surface area contributed by atoms with Crippen molar-refractivity contribution in [1.82, 2.24) is 0 Å². The lowest BCUT2D eigenvalue weighted by Gasteiger charge is -2.25. The summed E-state index contributed by atoms with van der Waals surface area (Å²) in [7, 11) is 0. The molecule has 0 aliphatic carbocycles. The van der Waals surface area contributed by atoms with Gasteiger partial charge in [0, 0.05) is 6.92 Å². The number of esters is 3. The van der Waals surface area contributed by atoms with Crippen molar-refractivity contribution < 1.29 is 42.9 Å². The van der Waals surface area contributed by atoms with E-state index in [1.807, 2.05) is 0 Å². The Morgan fingerprint density at radius 2 is 1.43 bits per heavy atom. The van der Waals surface area contributed by atoms with Gasteiger partial charge in [0.15, 0.2) is 17.6 Å². The van der Waals surface area contributed by atoms with Crippen molar-refractivity contribution in [1.29, 1.82) is 0 Å². The molecule has 0 radical (unpaired) electrons.